The molecule has 2 saturated heterocycles. The number of nitrogens with one attached hydrogen (secondary N) is 2. The van der Waals surface area contributed by atoms with Crippen LogP contribution in [0.3, 0.4) is 0 Å². The number of para-hydroxylation sites is 1. The van der Waals surface area contributed by atoms with Crippen molar-refractivity contribution in [1.29, 1.82) is 0 Å². The number of anilines is 1. The van der Waals surface area contributed by atoms with E-state index in [1.165, 1.54) is 41.8 Å². The number of carbonyl (C=O) groups is 7. The van der Waals surface area contributed by atoms with Crippen molar-refractivity contribution in [3.8, 4) is 0 Å². The summed E-state index contributed by atoms with van der Waals surface area (Å²) in [5.41, 5.74) is -0.160. The summed E-state index contributed by atoms with van der Waals surface area (Å²) in [5.74, 6) is -5.17. The zero-order valence-electron chi connectivity index (χ0n) is 23.8. The number of urea groups is 1. The molecule has 4 aliphatic heterocycles. The molecule has 15 nitrogen and oxygen atoms in total. The molecule has 0 aliphatic carbocycles. The van der Waals surface area contributed by atoms with Crippen LogP contribution in [0.5, 0.6) is 0 Å². The molecule has 1 aromatic rings. The summed E-state index contributed by atoms with van der Waals surface area (Å²) in [4.78, 5) is 91.5. The van der Waals surface area contributed by atoms with Crippen LogP contribution >= 0.6 is 11.8 Å². The molecule has 0 bridgehead atoms. The molecule has 2 N–H and O–H groups in total. The maximum absolute atomic E-state index is 13.5. The van der Waals surface area contributed by atoms with E-state index in [0.717, 1.165) is 9.80 Å². The first kappa shape index (κ1) is 33.2. The van der Waals surface area contributed by atoms with Gasteiger partial charge in [-0.05, 0) is 17.7 Å². The molecule has 4 aliphatic rings. The van der Waals surface area contributed by atoms with Gasteiger partial charge in [0.1, 0.15) is 30.2 Å². The molecule has 5 rings (SSSR count). The maximum atomic E-state index is 13.5. The Morgan fingerprint density at radius 2 is 1.95 bits per heavy atom. The maximum Gasteiger partial charge on any atom is 1.00 e. The molecule has 226 valence electrons. The first-order valence-corrected chi connectivity index (χ1v) is 14.2. The normalized spacial score (nSPS) is 20.5. The number of fused-ring (bicyclic) bond motifs is 1. The van der Waals surface area contributed by atoms with Crippen molar-refractivity contribution < 1.29 is 77.7 Å². The van der Waals surface area contributed by atoms with Crippen LogP contribution in [0.2, 0.25) is 0 Å². The number of carboxylic acid groups (broad SMARTS) is 1. The van der Waals surface area contributed by atoms with Crippen molar-refractivity contribution in [1.82, 2.24) is 20.4 Å². The molecule has 44 heavy (non-hydrogen) atoms. The number of ether oxygens (including phenoxy) is 2. The van der Waals surface area contributed by atoms with E-state index in [4.69, 9.17) is 9.47 Å². The number of cyclic esters (lactones) is 1. The third-order valence-corrected chi connectivity index (χ3v) is 8.41. The van der Waals surface area contributed by atoms with Crippen molar-refractivity contribution in [2.45, 2.75) is 24.8 Å². The Bertz CT molecular complexity index is 1490. The van der Waals surface area contributed by atoms with Crippen LogP contribution < -0.4 is 50.2 Å². The number of carboxylic acids is 1. The minimum absolute atomic E-state index is 0. The second-order valence-corrected chi connectivity index (χ2v) is 10.9. The molecule has 1 aromatic carbocycles. The summed E-state index contributed by atoms with van der Waals surface area (Å²) in [5, 5.41) is 16.7. The van der Waals surface area contributed by atoms with E-state index < -0.39 is 58.8 Å². The smallest absolute Gasteiger partial charge is 0.543 e. The average molecular weight is 636 g/mol. The van der Waals surface area contributed by atoms with E-state index >= 15 is 0 Å². The predicted octanol–water partition coefficient (Wildman–Crippen LogP) is -5.00. The monoisotopic (exact) mass is 635 g/mol. The van der Waals surface area contributed by atoms with Gasteiger partial charge in [0.25, 0.3) is 11.8 Å². The summed E-state index contributed by atoms with van der Waals surface area (Å²) in [6.07, 6.45) is 0.933. The van der Waals surface area contributed by atoms with Crippen molar-refractivity contribution >= 4 is 59.1 Å². The summed E-state index contributed by atoms with van der Waals surface area (Å²) in [6, 6.07) is 4.43. The number of hydrogen-bond acceptors (Lipinski definition) is 12. The second-order valence-electron chi connectivity index (χ2n) is 9.84. The van der Waals surface area contributed by atoms with Gasteiger partial charge in [0, 0.05) is 31.3 Å². The fourth-order valence-electron chi connectivity index (χ4n) is 5.02. The number of hydrogen-bond donors (Lipinski definition) is 2. The third-order valence-electron chi connectivity index (χ3n) is 7.07. The summed E-state index contributed by atoms with van der Waals surface area (Å²) in [7, 11) is 0. The molecule has 0 aromatic heterocycles. The number of thioether (sulfide) groups is 1. The van der Waals surface area contributed by atoms with Crippen LogP contribution in [0.1, 0.15) is 12.5 Å². The van der Waals surface area contributed by atoms with Crippen molar-refractivity contribution in [3.63, 3.8) is 0 Å². The summed E-state index contributed by atoms with van der Waals surface area (Å²) >= 11 is 1.19. The number of esters is 2. The number of benzene rings is 1. The Hall–Kier alpha value is -3.70. The fourth-order valence-corrected chi connectivity index (χ4v) is 6.34. The Morgan fingerprint density at radius 3 is 2.59 bits per heavy atom. The zero-order valence-corrected chi connectivity index (χ0v) is 26.6. The van der Waals surface area contributed by atoms with E-state index in [2.05, 4.69) is 10.6 Å². The largest absolute Gasteiger partial charge is 1.00 e. The van der Waals surface area contributed by atoms with Gasteiger partial charge in [0.2, 0.25) is 5.91 Å². The van der Waals surface area contributed by atoms with E-state index in [1.807, 2.05) is 0 Å². The summed E-state index contributed by atoms with van der Waals surface area (Å²) < 4.78 is 9.76. The molecule has 1 unspecified atom stereocenters. The first-order chi connectivity index (χ1) is 20.6. The van der Waals surface area contributed by atoms with Gasteiger partial charge in [-0.2, -0.15) is 0 Å². The van der Waals surface area contributed by atoms with Crippen LogP contribution in [-0.2, 0) is 44.7 Å². The van der Waals surface area contributed by atoms with Crippen LogP contribution in [0, 0.1) is 0 Å². The average Bonchev–Trinajstić information content (AvgIpc) is 3.67. The van der Waals surface area contributed by atoms with Crippen molar-refractivity contribution in [3.05, 3.63) is 52.7 Å². The van der Waals surface area contributed by atoms with E-state index in [1.54, 1.807) is 12.1 Å². The standard InChI is InChI=1S/C27H27N5O10S.Na/c1-14(33)42-11-16-12-43-24-20(23(36)32(24)21(16)25(37)38)29-19(34)10-15-4-2-3-5-18(15)31(27(40)30-8-7-28-13-30)22(35)17-6-9-41-26(17)39;/h2-6,20,24,28H,7-13H2,1H3,(H,29,34)(H,37,38);/q;+1/p-1/t20?,24-;/m0./s1. The quantitative estimate of drug-likeness (QED) is 0.120. The van der Waals surface area contributed by atoms with Gasteiger partial charge in [-0.15, -0.1) is 11.8 Å². The van der Waals surface area contributed by atoms with Gasteiger partial charge in [-0.1, -0.05) is 18.2 Å². The number of nitrogens with zero attached hydrogens (tertiary/aromatic N) is 3. The van der Waals surface area contributed by atoms with Gasteiger partial charge in [-0.25, -0.2) is 14.5 Å². The van der Waals surface area contributed by atoms with Crippen LogP contribution in [0.25, 0.3) is 0 Å². The number of imide groups is 1. The molecule has 4 heterocycles. The zero-order chi connectivity index (χ0) is 30.8. The first-order valence-electron chi connectivity index (χ1n) is 13.2. The Labute approximate surface area is 277 Å². The third kappa shape index (κ3) is 6.53. The molecular formula is C27H26N5NaO10S. The molecule has 0 radical (unpaired) electrons. The van der Waals surface area contributed by atoms with Crippen LogP contribution in [0.15, 0.2) is 47.2 Å². The SMILES string of the molecule is CC(=O)OCC1=C(C(=O)[O-])N2C(=O)C(NC(=O)Cc3ccccc3N(C(=O)C3=CCOC3=O)C(=O)N3CCNC3)[C@@H]2SC1.[Na+]. The molecule has 0 spiro atoms. The van der Waals surface area contributed by atoms with Crippen molar-refractivity contribution in [2.24, 2.45) is 0 Å². The molecule has 17 heteroatoms. The minimum atomic E-state index is -1.61. The molecule has 2 atom stereocenters. The number of rotatable bonds is 8. The van der Waals surface area contributed by atoms with Gasteiger partial charge in [0.05, 0.1) is 30.4 Å². The Balaban J connectivity index is 0.00000442. The van der Waals surface area contributed by atoms with Gasteiger partial charge < -0.3 is 29.6 Å². The number of β-lactam (4-membered cyclic amide) rings is 1. The van der Waals surface area contributed by atoms with Gasteiger partial charge >= 0.3 is 47.5 Å². The Morgan fingerprint density at radius 1 is 1.20 bits per heavy atom. The van der Waals surface area contributed by atoms with E-state index in [9.17, 15) is 38.7 Å². The van der Waals surface area contributed by atoms with Crippen LogP contribution in [0.4, 0.5) is 10.5 Å². The number of aliphatic carboxylic acids is 1. The second kappa shape index (κ2) is 13.9. The summed E-state index contributed by atoms with van der Waals surface area (Å²) in [6.45, 7) is 1.76. The van der Waals surface area contributed by atoms with Crippen LogP contribution in [-0.4, -0.2) is 102 Å². The number of carbonyl (C=O) groups excluding carboxylic acids is 7. The van der Waals surface area contributed by atoms with Crippen molar-refractivity contribution in [2.75, 3.05) is 43.6 Å². The Kier molecular flexibility index (Phi) is 10.5. The molecule has 0 saturated carbocycles. The van der Waals surface area contributed by atoms with E-state index in [0.29, 0.717) is 13.1 Å². The fraction of sp³-hybridized carbons (Fsp3) is 0.370. The molecule has 5 amide bonds. The number of amides is 5. The molecular weight excluding hydrogens is 609 g/mol. The van der Waals surface area contributed by atoms with Gasteiger partial charge in [0.15, 0.2) is 0 Å². The topological polar surface area (TPSA) is 195 Å². The predicted molar refractivity (Wildman–Crippen MR) is 145 cm³/mol. The minimum Gasteiger partial charge on any atom is -0.543 e. The van der Waals surface area contributed by atoms with E-state index in [-0.39, 0.29) is 84.0 Å². The molecule has 2 fully saturated rings. The van der Waals surface area contributed by atoms with Gasteiger partial charge in [-0.3, -0.25) is 29.4 Å².